The Morgan fingerprint density at radius 3 is 2.32 bits per heavy atom. The third-order valence-electron chi connectivity index (χ3n) is 3.32. The molecule has 0 radical (unpaired) electrons. The highest BCUT2D eigenvalue weighted by atomic mass is 32.2. The molecule has 5 nitrogen and oxygen atoms in total. The van der Waals surface area contributed by atoms with Crippen LogP contribution in [0.5, 0.6) is 5.75 Å². The fraction of sp³-hybridized carbons (Fsp3) is 0.0625. The fourth-order valence-electron chi connectivity index (χ4n) is 2.15. The molecular weight excluding hydrogens is 361 g/mol. The van der Waals surface area contributed by atoms with Crippen LogP contribution in [-0.2, 0) is 10.1 Å². The van der Waals surface area contributed by atoms with Crippen LogP contribution < -0.4 is 9.61 Å². The van der Waals surface area contributed by atoms with E-state index in [1.54, 1.807) is 30.3 Å². The van der Waals surface area contributed by atoms with Crippen molar-refractivity contribution in [2.75, 3.05) is 0 Å². The molecule has 3 rings (SSSR count). The van der Waals surface area contributed by atoms with Gasteiger partial charge in [0.15, 0.2) is 5.43 Å². The predicted octanol–water partition coefficient (Wildman–Crippen LogP) is 3.69. The highest BCUT2D eigenvalue weighted by Crippen LogP contribution is 2.29. The molecule has 0 fully saturated rings. The normalized spacial score (nSPS) is 12.3. The minimum Gasteiger partial charge on any atom is -0.463 e. The van der Waals surface area contributed by atoms with Crippen molar-refractivity contribution in [3.63, 3.8) is 0 Å². The Balaban J connectivity index is 2.05. The van der Waals surface area contributed by atoms with Gasteiger partial charge in [-0.3, -0.25) is 4.79 Å². The average Bonchev–Trinajstić information content (AvgIpc) is 2.54. The van der Waals surface area contributed by atoms with Crippen LogP contribution >= 0.6 is 0 Å². The van der Waals surface area contributed by atoms with Crippen molar-refractivity contribution >= 4 is 21.1 Å². The quantitative estimate of drug-likeness (QED) is 0.519. The van der Waals surface area contributed by atoms with Gasteiger partial charge in [0, 0.05) is 6.07 Å². The zero-order valence-corrected chi connectivity index (χ0v) is 13.1. The number of rotatable bonds is 3. The van der Waals surface area contributed by atoms with Gasteiger partial charge in [0.05, 0.1) is 10.9 Å². The van der Waals surface area contributed by atoms with Crippen molar-refractivity contribution in [2.45, 2.75) is 5.51 Å². The summed E-state index contributed by atoms with van der Waals surface area (Å²) in [5, 5.41) is 0.0816. The summed E-state index contributed by atoms with van der Waals surface area (Å²) < 4.78 is 68.4. The van der Waals surface area contributed by atoms with E-state index in [-0.39, 0.29) is 16.5 Å². The first-order chi connectivity index (χ1) is 11.7. The van der Waals surface area contributed by atoms with E-state index >= 15 is 0 Å². The molecule has 1 heterocycles. The Morgan fingerprint density at radius 2 is 1.68 bits per heavy atom. The van der Waals surface area contributed by atoms with Gasteiger partial charge >= 0.3 is 15.6 Å². The zero-order chi connectivity index (χ0) is 18.2. The third kappa shape index (κ3) is 3.22. The molecule has 0 unspecified atom stereocenters. The Bertz CT molecular complexity index is 1090. The topological polar surface area (TPSA) is 73.6 Å². The molecule has 0 aliphatic heterocycles. The van der Waals surface area contributed by atoms with Gasteiger partial charge in [-0.25, -0.2) is 0 Å². The largest absolute Gasteiger partial charge is 0.534 e. The number of hydrogen-bond acceptors (Lipinski definition) is 5. The average molecular weight is 370 g/mol. The Morgan fingerprint density at radius 1 is 1.00 bits per heavy atom. The monoisotopic (exact) mass is 370 g/mol. The van der Waals surface area contributed by atoms with Crippen LogP contribution in [0.25, 0.3) is 22.1 Å². The van der Waals surface area contributed by atoms with Crippen molar-refractivity contribution in [1.29, 1.82) is 0 Å². The summed E-state index contributed by atoms with van der Waals surface area (Å²) in [5.41, 5.74) is -5.18. The number of fused-ring (bicyclic) bond motifs is 1. The van der Waals surface area contributed by atoms with Gasteiger partial charge in [-0.1, -0.05) is 30.3 Å². The summed E-state index contributed by atoms with van der Waals surface area (Å²) in [6.07, 6.45) is 1.15. The molecule has 9 heteroatoms. The van der Waals surface area contributed by atoms with E-state index in [1.165, 1.54) is 0 Å². The second-order valence-electron chi connectivity index (χ2n) is 4.99. The van der Waals surface area contributed by atoms with Gasteiger partial charge < -0.3 is 8.60 Å². The van der Waals surface area contributed by atoms with Crippen LogP contribution in [0.4, 0.5) is 13.2 Å². The second-order valence-corrected chi connectivity index (χ2v) is 6.52. The van der Waals surface area contributed by atoms with Crippen LogP contribution in [0.2, 0.25) is 0 Å². The minimum atomic E-state index is -5.80. The molecule has 2 aromatic carbocycles. The van der Waals surface area contributed by atoms with Crippen molar-refractivity contribution in [3.8, 4) is 16.9 Å². The van der Waals surface area contributed by atoms with Crippen molar-refractivity contribution < 1.29 is 30.2 Å². The standard InChI is InChI=1S/C16H9F3O5S/c17-16(18,19)25(21,22)24-11-6-7-12-14(8-11)23-9-13(15(12)20)10-4-2-1-3-5-10/h1-9H. The van der Waals surface area contributed by atoms with Crippen LogP contribution in [-0.4, -0.2) is 13.9 Å². The molecule has 0 atom stereocenters. The summed E-state index contributed by atoms with van der Waals surface area (Å²) in [6, 6.07) is 11.7. The van der Waals surface area contributed by atoms with E-state index in [0.717, 1.165) is 24.5 Å². The van der Waals surface area contributed by atoms with Gasteiger partial charge in [-0.15, -0.1) is 0 Å². The summed E-state index contributed by atoms with van der Waals surface area (Å²) in [7, 11) is -5.80. The number of halogens is 3. The lowest BCUT2D eigenvalue weighted by Gasteiger charge is -2.09. The van der Waals surface area contributed by atoms with Crippen LogP contribution in [0.3, 0.4) is 0 Å². The Kier molecular flexibility index (Phi) is 4.03. The highest BCUT2D eigenvalue weighted by Gasteiger charge is 2.48. The SMILES string of the molecule is O=c1c(-c2ccccc2)coc2cc(OS(=O)(=O)C(F)(F)F)ccc12. The zero-order valence-electron chi connectivity index (χ0n) is 12.3. The number of alkyl halides is 3. The van der Waals surface area contributed by atoms with Crippen molar-refractivity contribution in [3.05, 3.63) is 65.0 Å². The maximum Gasteiger partial charge on any atom is 0.534 e. The molecule has 0 aliphatic carbocycles. The van der Waals surface area contributed by atoms with Crippen LogP contribution in [0, 0.1) is 0 Å². The summed E-state index contributed by atoms with van der Waals surface area (Å²) in [4.78, 5) is 12.5. The number of hydrogen-bond donors (Lipinski definition) is 0. The van der Waals surface area contributed by atoms with E-state index < -0.39 is 26.8 Å². The summed E-state index contributed by atoms with van der Waals surface area (Å²) in [5.74, 6) is -0.611. The van der Waals surface area contributed by atoms with E-state index in [9.17, 15) is 26.4 Å². The summed E-state index contributed by atoms with van der Waals surface area (Å²) in [6.45, 7) is 0. The molecule has 0 spiro atoms. The highest BCUT2D eigenvalue weighted by molar-refractivity contribution is 7.88. The predicted molar refractivity (Wildman–Crippen MR) is 83.5 cm³/mol. The van der Waals surface area contributed by atoms with Crippen molar-refractivity contribution in [1.82, 2.24) is 0 Å². The summed E-state index contributed by atoms with van der Waals surface area (Å²) >= 11 is 0. The maximum atomic E-state index is 12.5. The first kappa shape index (κ1) is 17.0. The van der Waals surface area contributed by atoms with E-state index in [2.05, 4.69) is 4.18 Å². The molecule has 0 saturated heterocycles. The molecule has 0 N–H and O–H groups in total. The van der Waals surface area contributed by atoms with Crippen molar-refractivity contribution in [2.24, 2.45) is 0 Å². The molecular formula is C16H9F3O5S. The minimum absolute atomic E-state index is 0.0816. The lowest BCUT2D eigenvalue weighted by Crippen LogP contribution is -2.28. The number of benzene rings is 2. The molecule has 0 aliphatic rings. The second kappa shape index (κ2) is 5.92. The first-order valence-electron chi connectivity index (χ1n) is 6.81. The van der Waals surface area contributed by atoms with Gasteiger partial charge in [-0.05, 0) is 17.7 Å². The third-order valence-corrected chi connectivity index (χ3v) is 4.30. The molecule has 25 heavy (non-hydrogen) atoms. The van der Waals surface area contributed by atoms with Gasteiger partial charge in [0.1, 0.15) is 17.6 Å². The molecule has 1 aromatic heterocycles. The Hall–Kier alpha value is -2.81. The molecule has 0 saturated carbocycles. The smallest absolute Gasteiger partial charge is 0.463 e. The molecule has 0 bridgehead atoms. The maximum absolute atomic E-state index is 12.5. The van der Waals surface area contributed by atoms with Gasteiger partial charge in [-0.2, -0.15) is 21.6 Å². The first-order valence-corrected chi connectivity index (χ1v) is 8.21. The Labute approximate surface area is 139 Å². The van der Waals surface area contributed by atoms with Crippen LogP contribution in [0.15, 0.2) is 64.0 Å². The van der Waals surface area contributed by atoms with Gasteiger partial charge in [0.2, 0.25) is 0 Å². The fourth-order valence-corrected chi connectivity index (χ4v) is 2.60. The molecule has 3 aromatic rings. The molecule has 130 valence electrons. The van der Waals surface area contributed by atoms with E-state index in [1.807, 2.05) is 0 Å². The van der Waals surface area contributed by atoms with E-state index in [0.29, 0.717) is 5.56 Å². The van der Waals surface area contributed by atoms with E-state index in [4.69, 9.17) is 4.42 Å². The lowest BCUT2D eigenvalue weighted by atomic mass is 10.1. The van der Waals surface area contributed by atoms with Gasteiger partial charge in [0.25, 0.3) is 0 Å². The molecule has 0 amide bonds. The lowest BCUT2D eigenvalue weighted by molar-refractivity contribution is -0.0500. The van der Waals surface area contributed by atoms with Crippen LogP contribution in [0.1, 0.15) is 0 Å².